The molecule has 0 spiro atoms. The molecule has 1 aromatic carbocycles. The molecule has 0 atom stereocenters. The summed E-state index contributed by atoms with van der Waals surface area (Å²) in [6.07, 6.45) is 0. The van der Waals surface area contributed by atoms with Gasteiger partial charge in [0.25, 0.3) is 0 Å². The quantitative estimate of drug-likeness (QED) is 0.631. The van der Waals surface area contributed by atoms with Crippen molar-refractivity contribution in [2.75, 3.05) is 6.61 Å². The number of rotatable bonds is 4. The zero-order valence-electron chi connectivity index (χ0n) is 10.7. The molecule has 0 aliphatic carbocycles. The van der Waals surface area contributed by atoms with Crippen molar-refractivity contribution in [2.45, 2.75) is 6.92 Å². The standard InChI is InChI=1S/C14H10BBrNO2S/c1-2-19-14(18)11-10(9-6-4-3-5-7-9)13(16)20-12(11)15-8-17/h3-7H,2H2,1H3. The number of carbonyl (C=O) groups excluding carboxylic acids is 1. The predicted octanol–water partition coefficient (Wildman–Crippen LogP) is 3.16. The summed E-state index contributed by atoms with van der Waals surface area (Å²) in [7, 11) is 1.37. The van der Waals surface area contributed by atoms with Crippen LogP contribution in [0, 0.1) is 11.2 Å². The number of hydrogen-bond acceptors (Lipinski definition) is 4. The van der Waals surface area contributed by atoms with E-state index in [0.717, 1.165) is 14.9 Å². The van der Waals surface area contributed by atoms with E-state index in [1.807, 2.05) is 36.3 Å². The Morgan fingerprint density at radius 2 is 2.15 bits per heavy atom. The molecule has 0 amide bonds. The van der Waals surface area contributed by atoms with E-state index in [2.05, 4.69) is 15.9 Å². The van der Waals surface area contributed by atoms with Gasteiger partial charge in [-0.3, -0.25) is 0 Å². The Balaban J connectivity index is 2.61. The Hall–Kier alpha value is -1.58. The smallest absolute Gasteiger partial charge is 0.339 e. The maximum atomic E-state index is 12.2. The van der Waals surface area contributed by atoms with Crippen LogP contribution in [0.15, 0.2) is 34.1 Å². The molecular weight excluding hydrogens is 337 g/mol. The number of hydrogen-bond donors (Lipinski definition) is 0. The zero-order valence-corrected chi connectivity index (χ0v) is 13.1. The fraction of sp³-hybridized carbons (Fsp3) is 0.143. The van der Waals surface area contributed by atoms with Crippen LogP contribution in [0.1, 0.15) is 17.3 Å². The molecule has 0 saturated carbocycles. The third-order valence-corrected chi connectivity index (χ3v) is 4.44. The Morgan fingerprint density at radius 3 is 2.75 bits per heavy atom. The summed E-state index contributed by atoms with van der Waals surface area (Å²) in [6.45, 7) is 2.06. The van der Waals surface area contributed by atoms with E-state index >= 15 is 0 Å². The van der Waals surface area contributed by atoms with Gasteiger partial charge in [-0.1, -0.05) is 30.3 Å². The number of benzene rings is 1. The normalized spacial score (nSPS) is 9.85. The average Bonchev–Trinajstić information content (AvgIpc) is 2.77. The first-order valence-electron chi connectivity index (χ1n) is 5.96. The molecule has 2 rings (SSSR count). The van der Waals surface area contributed by atoms with Crippen LogP contribution in [0.4, 0.5) is 0 Å². The van der Waals surface area contributed by atoms with Crippen molar-refractivity contribution >= 4 is 45.3 Å². The lowest BCUT2D eigenvalue weighted by molar-refractivity contribution is 0.0529. The molecule has 6 heteroatoms. The summed E-state index contributed by atoms with van der Waals surface area (Å²) in [4.78, 5) is 12.2. The van der Waals surface area contributed by atoms with E-state index in [-0.39, 0.29) is 0 Å². The van der Waals surface area contributed by atoms with Gasteiger partial charge in [-0.05, 0) is 33.2 Å². The highest BCUT2D eigenvalue weighted by Crippen LogP contribution is 2.35. The number of carbonyl (C=O) groups is 1. The molecule has 0 N–H and O–H groups in total. The topological polar surface area (TPSA) is 50.1 Å². The van der Waals surface area contributed by atoms with Gasteiger partial charge in [0.05, 0.1) is 16.0 Å². The van der Waals surface area contributed by atoms with Crippen molar-refractivity contribution in [3.63, 3.8) is 0 Å². The van der Waals surface area contributed by atoms with Crippen LogP contribution in [0.5, 0.6) is 0 Å². The molecule has 0 unspecified atom stereocenters. The van der Waals surface area contributed by atoms with Crippen LogP contribution in [0.25, 0.3) is 11.1 Å². The third-order valence-electron chi connectivity index (χ3n) is 2.63. The van der Waals surface area contributed by atoms with Crippen molar-refractivity contribution in [2.24, 2.45) is 0 Å². The largest absolute Gasteiger partial charge is 0.462 e. The fourth-order valence-electron chi connectivity index (χ4n) is 1.85. The number of ether oxygens (including phenoxy) is 1. The van der Waals surface area contributed by atoms with E-state index in [0.29, 0.717) is 16.9 Å². The van der Waals surface area contributed by atoms with Crippen LogP contribution in [0.2, 0.25) is 0 Å². The summed E-state index contributed by atoms with van der Waals surface area (Å²) in [5.74, 6) is 1.56. The second kappa shape index (κ2) is 6.73. The molecular formula is C14H10BBrNO2S. The van der Waals surface area contributed by atoms with E-state index in [9.17, 15) is 4.79 Å². The van der Waals surface area contributed by atoms with Crippen molar-refractivity contribution < 1.29 is 9.53 Å². The Labute approximate surface area is 130 Å². The predicted molar refractivity (Wildman–Crippen MR) is 84.4 cm³/mol. The number of thiophene rings is 1. The van der Waals surface area contributed by atoms with Crippen LogP contribution in [-0.2, 0) is 4.74 Å². The summed E-state index contributed by atoms with van der Waals surface area (Å²) >= 11 is 4.83. The van der Waals surface area contributed by atoms with Gasteiger partial charge in [-0.2, -0.15) is 0 Å². The minimum Gasteiger partial charge on any atom is -0.462 e. The van der Waals surface area contributed by atoms with Gasteiger partial charge in [0.2, 0.25) is 0 Å². The van der Waals surface area contributed by atoms with Crippen molar-refractivity contribution in [1.29, 1.82) is 5.26 Å². The van der Waals surface area contributed by atoms with Crippen LogP contribution < -0.4 is 4.78 Å². The second-order valence-electron chi connectivity index (χ2n) is 3.85. The zero-order chi connectivity index (χ0) is 14.5. The Bertz CT molecular complexity index is 664. The number of nitrogens with zero attached hydrogens (tertiary/aromatic N) is 1. The van der Waals surface area contributed by atoms with Gasteiger partial charge in [0, 0.05) is 11.5 Å². The molecule has 1 radical (unpaired) electrons. The van der Waals surface area contributed by atoms with Crippen molar-refractivity contribution in [1.82, 2.24) is 0 Å². The van der Waals surface area contributed by atoms with Crippen LogP contribution in [-0.4, -0.2) is 19.9 Å². The average molecular weight is 347 g/mol. The van der Waals surface area contributed by atoms with E-state index in [1.54, 1.807) is 6.92 Å². The first-order chi connectivity index (χ1) is 9.69. The SMILES string of the molecule is CCOC(=O)c1c([B]C#N)sc(Br)c1-c1ccccc1. The molecule has 20 heavy (non-hydrogen) atoms. The second-order valence-corrected chi connectivity index (χ2v) is 6.22. The molecule has 0 aliphatic rings. The van der Waals surface area contributed by atoms with E-state index in [1.165, 1.54) is 18.6 Å². The van der Waals surface area contributed by atoms with E-state index < -0.39 is 5.97 Å². The van der Waals surface area contributed by atoms with Crippen LogP contribution >= 0.6 is 27.3 Å². The highest BCUT2D eigenvalue weighted by Gasteiger charge is 2.24. The lowest BCUT2D eigenvalue weighted by atomic mass is 9.76. The molecule has 0 aliphatic heterocycles. The van der Waals surface area contributed by atoms with E-state index in [4.69, 9.17) is 10.00 Å². The van der Waals surface area contributed by atoms with Gasteiger partial charge in [0.1, 0.15) is 0 Å². The summed E-state index contributed by atoms with van der Waals surface area (Å²) in [6, 6.07) is 9.57. The van der Waals surface area contributed by atoms with Crippen LogP contribution in [0.3, 0.4) is 0 Å². The fourth-order valence-corrected chi connectivity index (χ4v) is 3.71. The lowest BCUT2D eigenvalue weighted by Gasteiger charge is -2.06. The van der Waals surface area contributed by atoms with Gasteiger partial charge in [0.15, 0.2) is 0 Å². The molecule has 1 aromatic heterocycles. The minimum absolute atomic E-state index is 0.298. The van der Waals surface area contributed by atoms with Gasteiger partial charge < -0.3 is 4.74 Å². The number of nitriles is 1. The molecule has 0 saturated heterocycles. The third kappa shape index (κ3) is 2.95. The number of esters is 1. The molecule has 1 heterocycles. The maximum absolute atomic E-state index is 12.2. The molecule has 2 aromatic rings. The summed E-state index contributed by atoms with van der Waals surface area (Å²) in [5, 5.41) is 8.86. The molecule has 0 fully saturated rings. The van der Waals surface area contributed by atoms with Gasteiger partial charge in [-0.25, -0.2) is 10.1 Å². The monoisotopic (exact) mass is 346 g/mol. The minimum atomic E-state index is -0.408. The number of halogens is 1. The summed E-state index contributed by atoms with van der Waals surface area (Å²) < 4.78 is 6.53. The maximum Gasteiger partial charge on any atom is 0.339 e. The Morgan fingerprint density at radius 1 is 1.45 bits per heavy atom. The van der Waals surface area contributed by atoms with Crippen molar-refractivity contribution in [3.05, 3.63) is 39.7 Å². The molecule has 3 nitrogen and oxygen atoms in total. The highest BCUT2D eigenvalue weighted by atomic mass is 79.9. The van der Waals surface area contributed by atoms with Gasteiger partial charge >= 0.3 is 13.2 Å². The molecule has 0 bridgehead atoms. The lowest BCUT2D eigenvalue weighted by Crippen LogP contribution is -2.19. The first kappa shape index (κ1) is 14.8. The Kier molecular flexibility index (Phi) is 4.99. The summed E-state index contributed by atoms with van der Waals surface area (Å²) in [5.41, 5.74) is 2.13. The van der Waals surface area contributed by atoms with Crippen molar-refractivity contribution in [3.8, 4) is 17.1 Å². The highest BCUT2D eigenvalue weighted by molar-refractivity contribution is 9.11. The molecule has 99 valence electrons. The van der Waals surface area contributed by atoms with Gasteiger partial charge in [-0.15, -0.1) is 11.3 Å². The first-order valence-corrected chi connectivity index (χ1v) is 7.57.